The minimum absolute atomic E-state index is 0.724. The van der Waals surface area contributed by atoms with E-state index in [0.717, 1.165) is 86.6 Å². The first-order valence-corrected chi connectivity index (χ1v) is 12.5. The van der Waals surface area contributed by atoms with Gasteiger partial charge in [-0.2, -0.15) is 0 Å². The van der Waals surface area contributed by atoms with Crippen LogP contribution in [0.3, 0.4) is 0 Å². The summed E-state index contributed by atoms with van der Waals surface area (Å²) in [4.78, 5) is 0. The molecule has 170 valence electrons. The summed E-state index contributed by atoms with van der Waals surface area (Å²) in [6.45, 7) is 0. The van der Waals surface area contributed by atoms with Gasteiger partial charge in [0.05, 0.1) is 0 Å². The topological polar surface area (TPSA) is 26.3 Å². The Morgan fingerprint density at radius 3 is 1.25 bits per heavy atom. The third-order valence-electron chi connectivity index (χ3n) is 7.19. The van der Waals surface area contributed by atoms with Crippen molar-refractivity contribution in [1.82, 2.24) is 0 Å². The lowest BCUT2D eigenvalue weighted by Crippen LogP contribution is -1.79. The predicted octanol–water partition coefficient (Wildman–Crippen LogP) is 10.8. The minimum Gasteiger partial charge on any atom is -0.455 e. The molecule has 0 N–H and O–H groups in total. The van der Waals surface area contributed by atoms with E-state index in [9.17, 15) is 0 Å². The number of hydrogen-bond acceptors (Lipinski definition) is 2. The Morgan fingerprint density at radius 2 is 0.806 bits per heavy atom. The van der Waals surface area contributed by atoms with Gasteiger partial charge in [-0.1, -0.05) is 83.9 Å². The molecule has 2 nitrogen and oxygen atoms in total. The van der Waals surface area contributed by atoms with Gasteiger partial charge in [0.25, 0.3) is 0 Å². The van der Waals surface area contributed by atoms with Crippen LogP contribution in [-0.2, 0) is 0 Å². The van der Waals surface area contributed by atoms with Crippen molar-refractivity contribution in [3.8, 4) is 11.1 Å². The summed E-state index contributed by atoms with van der Waals surface area (Å²) in [5.41, 5.74) is 5.60. The van der Waals surface area contributed by atoms with Crippen LogP contribution < -0.4 is 0 Å². The second-order valence-electron chi connectivity index (χ2n) is 9.19. The van der Waals surface area contributed by atoms with Crippen molar-refractivity contribution >= 4 is 88.6 Å². The van der Waals surface area contributed by atoms with E-state index in [0.29, 0.717) is 0 Å². The first kappa shape index (κ1) is 20.2. The summed E-state index contributed by atoms with van der Waals surface area (Å²) in [5.74, 6) is 0. The van der Waals surface area contributed by atoms with Crippen LogP contribution in [0.2, 0.25) is 10.0 Å². The Morgan fingerprint density at radius 1 is 0.389 bits per heavy atom. The van der Waals surface area contributed by atoms with Crippen molar-refractivity contribution in [3.63, 3.8) is 0 Å². The van der Waals surface area contributed by atoms with Crippen LogP contribution in [0.5, 0.6) is 0 Å². The minimum atomic E-state index is 0.724. The molecule has 0 saturated heterocycles. The molecule has 0 atom stereocenters. The monoisotopic (exact) mass is 502 g/mol. The molecule has 0 unspecified atom stereocenters. The molecule has 0 fully saturated rings. The van der Waals surface area contributed by atoms with Crippen LogP contribution in [0.1, 0.15) is 0 Å². The van der Waals surface area contributed by atoms with E-state index >= 15 is 0 Å². The highest BCUT2D eigenvalue weighted by Crippen LogP contribution is 2.41. The maximum Gasteiger partial charge on any atom is 0.143 e. The number of halogens is 2. The number of benzene rings is 6. The number of rotatable bonds is 1. The first-order chi connectivity index (χ1) is 17.7. The Balaban J connectivity index is 1.37. The molecule has 8 rings (SSSR count). The molecule has 2 heterocycles. The molecule has 0 bridgehead atoms. The number of fused-ring (bicyclic) bond motifs is 10. The van der Waals surface area contributed by atoms with Gasteiger partial charge < -0.3 is 8.83 Å². The fourth-order valence-electron chi connectivity index (χ4n) is 5.47. The van der Waals surface area contributed by atoms with Crippen molar-refractivity contribution in [2.45, 2.75) is 0 Å². The zero-order valence-electron chi connectivity index (χ0n) is 18.8. The van der Waals surface area contributed by atoms with E-state index in [1.165, 1.54) is 0 Å². The maximum absolute atomic E-state index is 6.65. The van der Waals surface area contributed by atoms with Crippen LogP contribution in [-0.4, -0.2) is 0 Å². The molecule has 8 aromatic rings. The fourth-order valence-corrected chi connectivity index (χ4v) is 6.01. The molecule has 36 heavy (non-hydrogen) atoms. The van der Waals surface area contributed by atoms with Gasteiger partial charge in [0.15, 0.2) is 0 Å². The smallest absolute Gasteiger partial charge is 0.143 e. The van der Waals surface area contributed by atoms with Gasteiger partial charge in [0.1, 0.15) is 22.3 Å². The van der Waals surface area contributed by atoms with Crippen LogP contribution in [0.4, 0.5) is 0 Å². The summed E-state index contributed by atoms with van der Waals surface area (Å²) >= 11 is 13.3. The largest absolute Gasteiger partial charge is 0.455 e. The summed E-state index contributed by atoms with van der Waals surface area (Å²) in [6.07, 6.45) is 0. The lowest BCUT2D eigenvalue weighted by atomic mass is 9.99. The Hall–Kier alpha value is -3.98. The van der Waals surface area contributed by atoms with Crippen LogP contribution in [0, 0.1) is 0 Å². The van der Waals surface area contributed by atoms with Crippen molar-refractivity contribution in [1.29, 1.82) is 0 Å². The fraction of sp³-hybridized carbons (Fsp3) is 0. The van der Waals surface area contributed by atoms with Crippen molar-refractivity contribution in [2.24, 2.45) is 0 Å². The molecule has 0 aliphatic heterocycles. The van der Waals surface area contributed by atoms with Gasteiger partial charge in [0, 0.05) is 53.1 Å². The summed E-state index contributed by atoms with van der Waals surface area (Å²) in [5, 5.41) is 9.60. The lowest BCUT2D eigenvalue weighted by molar-refractivity contribution is 0.672. The summed E-state index contributed by atoms with van der Waals surface area (Å²) in [6, 6.07) is 32.8. The molecule has 4 heteroatoms. The van der Waals surface area contributed by atoms with Crippen molar-refractivity contribution in [3.05, 3.63) is 107 Å². The van der Waals surface area contributed by atoms with Gasteiger partial charge in [0.2, 0.25) is 0 Å². The van der Waals surface area contributed by atoms with E-state index in [1.54, 1.807) is 0 Å². The standard InChI is InChI=1S/C32H16Cl2O2/c33-27-15-25-23-13-17(9-11-29(23)35-31(25)21-7-3-1-5-19(21)27)18-10-12-30-24(14-18)26-16-28(34)20-6-2-4-8-22(20)32(26)36-30/h1-16H. The van der Waals surface area contributed by atoms with E-state index in [2.05, 4.69) is 36.4 Å². The van der Waals surface area contributed by atoms with E-state index in [4.69, 9.17) is 32.0 Å². The van der Waals surface area contributed by atoms with Gasteiger partial charge in [-0.05, 0) is 47.5 Å². The summed E-state index contributed by atoms with van der Waals surface area (Å²) < 4.78 is 12.6. The van der Waals surface area contributed by atoms with Crippen LogP contribution in [0.15, 0.2) is 106 Å². The van der Waals surface area contributed by atoms with Gasteiger partial charge >= 0.3 is 0 Å². The zero-order valence-corrected chi connectivity index (χ0v) is 20.3. The normalized spacial score (nSPS) is 12.2. The highest BCUT2D eigenvalue weighted by Gasteiger charge is 2.16. The average Bonchev–Trinajstić information content (AvgIpc) is 3.47. The average molecular weight is 503 g/mol. The lowest BCUT2D eigenvalue weighted by Gasteiger charge is -2.03. The highest BCUT2D eigenvalue weighted by molar-refractivity contribution is 6.39. The quantitative estimate of drug-likeness (QED) is 0.223. The molecular weight excluding hydrogens is 487 g/mol. The number of hydrogen-bond donors (Lipinski definition) is 0. The van der Waals surface area contributed by atoms with E-state index < -0.39 is 0 Å². The second-order valence-corrected chi connectivity index (χ2v) is 10.0. The molecular formula is C32H16Cl2O2. The third kappa shape index (κ3) is 2.74. The van der Waals surface area contributed by atoms with Gasteiger partial charge in [-0.3, -0.25) is 0 Å². The molecule has 0 radical (unpaired) electrons. The number of furan rings is 2. The predicted molar refractivity (Wildman–Crippen MR) is 151 cm³/mol. The van der Waals surface area contributed by atoms with Crippen molar-refractivity contribution < 1.29 is 8.83 Å². The van der Waals surface area contributed by atoms with Gasteiger partial charge in [-0.15, -0.1) is 0 Å². The molecule has 2 aromatic heterocycles. The van der Waals surface area contributed by atoms with E-state index in [1.807, 2.05) is 60.7 Å². The molecule has 0 spiro atoms. The second kappa shape index (κ2) is 7.27. The zero-order chi connectivity index (χ0) is 24.0. The van der Waals surface area contributed by atoms with Crippen LogP contribution >= 0.6 is 23.2 Å². The summed E-state index contributed by atoms with van der Waals surface area (Å²) in [7, 11) is 0. The van der Waals surface area contributed by atoms with Crippen LogP contribution in [0.25, 0.3) is 76.5 Å². The maximum atomic E-state index is 6.65. The first-order valence-electron chi connectivity index (χ1n) is 11.7. The Bertz CT molecular complexity index is 2030. The van der Waals surface area contributed by atoms with Crippen molar-refractivity contribution in [2.75, 3.05) is 0 Å². The third-order valence-corrected chi connectivity index (χ3v) is 7.81. The SMILES string of the molecule is Clc1cc2c3cc(-c4ccc5oc6c7ccccc7c(Cl)cc6c5c4)ccc3oc2c2ccccc12. The molecule has 0 amide bonds. The molecule has 0 aliphatic rings. The molecule has 6 aromatic carbocycles. The molecule has 0 saturated carbocycles. The van der Waals surface area contributed by atoms with Gasteiger partial charge in [-0.25, -0.2) is 0 Å². The Kier molecular flexibility index (Phi) is 4.09. The Labute approximate surface area is 215 Å². The molecule has 0 aliphatic carbocycles. The highest BCUT2D eigenvalue weighted by atomic mass is 35.5. The van der Waals surface area contributed by atoms with E-state index in [-0.39, 0.29) is 0 Å².